The minimum absolute atomic E-state index is 1.06. The second kappa shape index (κ2) is 6.73. The normalized spacial score (nSPS) is 10.7. The average Bonchev–Trinajstić information content (AvgIpc) is 2.61. The highest BCUT2D eigenvalue weighted by Crippen LogP contribution is 2.28. The summed E-state index contributed by atoms with van der Waals surface area (Å²) in [5, 5.41) is 0. The molecule has 0 aliphatic rings. The molecule has 0 fully saturated rings. The first-order valence-corrected chi connectivity index (χ1v) is 7.34. The van der Waals surface area contributed by atoms with Crippen molar-refractivity contribution in [3.05, 3.63) is 102 Å². The van der Waals surface area contributed by atoms with Gasteiger partial charge in [0.15, 0.2) is 0 Å². The lowest BCUT2D eigenvalue weighted by molar-refractivity contribution is 1.56. The van der Waals surface area contributed by atoms with Crippen molar-refractivity contribution in [2.75, 3.05) is 0 Å². The second-order valence-corrected chi connectivity index (χ2v) is 5.03. The van der Waals surface area contributed by atoms with E-state index in [2.05, 4.69) is 67.3 Å². The van der Waals surface area contributed by atoms with Crippen LogP contribution in [0.25, 0.3) is 29.4 Å². The summed E-state index contributed by atoms with van der Waals surface area (Å²) in [6.07, 6.45) is 6.11. The van der Waals surface area contributed by atoms with E-state index in [4.69, 9.17) is 0 Å². The van der Waals surface area contributed by atoms with Crippen LogP contribution >= 0.6 is 0 Å². The maximum atomic E-state index is 3.98. The lowest BCUT2D eigenvalue weighted by Gasteiger charge is -2.09. The standard InChI is InChI=1S/C22H17/c1-2-21-20(17-16-18-10-5-3-6-11-18)14-9-15-22(21)19-12-7-4-8-13-19/h2-13,15-17H,1H2. The molecule has 0 aliphatic heterocycles. The van der Waals surface area contributed by atoms with Gasteiger partial charge in [0.25, 0.3) is 0 Å². The quantitative estimate of drug-likeness (QED) is 0.517. The summed E-state index contributed by atoms with van der Waals surface area (Å²) in [5.41, 5.74) is 5.72. The lowest BCUT2D eigenvalue weighted by Crippen LogP contribution is -1.87. The van der Waals surface area contributed by atoms with Crippen LogP contribution in [-0.2, 0) is 0 Å². The number of rotatable bonds is 4. The van der Waals surface area contributed by atoms with E-state index in [0.717, 1.165) is 11.1 Å². The van der Waals surface area contributed by atoms with E-state index in [1.807, 2.05) is 36.4 Å². The Hall–Kier alpha value is -2.86. The Labute approximate surface area is 132 Å². The van der Waals surface area contributed by atoms with Crippen LogP contribution < -0.4 is 0 Å². The fourth-order valence-corrected chi connectivity index (χ4v) is 2.50. The zero-order valence-corrected chi connectivity index (χ0v) is 12.4. The van der Waals surface area contributed by atoms with Gasteiger partial charge >= 0.3 is 0 Å². The van der Waals surface area contributed by atoms with Crippen molar-refractivity contribution in [3.8, 4) is 11.1 Å². The molecule has 0 amide bonds. The topological polar surface area (TPSA) is 0 Å². The molecule has 1 radical (unpaired) electrons. The van der Waals surface area contributed by atoms with E-state index < -0.39 is 0 Å². The zero-order chi connectivity index (χ0) is 15.2. The minimum Gasteiger partial charge on any atom is -0.0984 e. The van der Waals surface area contributed by atoms with E-state index >= 15 is 0 Å². The molecule has 3 aromatic rings. The first-order chi connectivity index (χ1) is 10.9. The molecule has 0 heteroatoms. The molecule has 0 unspecified atom stereocenters. The molecule has 3 rings (SSSR count). The van der Waals surface area contributed by atoms with Crippen molar-refractivity contribution in [1.29, 1.82) is 0 Å². The van der Waals surface area contributed by atoms with Crippen molar-refractivity contribution in [2.24, 2.45) is 0 Å². The average molecular weight is 281 g/mol. The Kier molecular flexibility index (Phi) is 4.31. The predicted octanol–water partition coefficient (Wildman–Crippen LogP) is 5.97. The fourth-order valence-electron chi connectivity index (χ4n) is 2.50. The van der Waals surface area contributed by atoms with Crippen LogP contribution in [0.2, 0.25) is 0 Å². The van der Waals surface area contributed by atoms with Crippen molar-refractivity contribution < 1.29 is 0 Å². The Bertz CT molecular complexity index is 781. The van der Waals surface area contributed by atoms with Crippen molar-refractivity contribution in [3.63, 3.8) is 0 Å². The minimum atomic E-state index is 1.06. The van der Waals surface area contributed by atoms with E-state index in [0.29, 0.717) is 0 Å². The Morgan fingerprint density at radius 2 is 1.45 bits per heavy atom. The van der Waals surface area contributed by atoms with Gasteiger partial charge in [0.05, 0.1) is 0 Å². The van der Waals surface area contributed by atoms with Gasteiger partial charge in [0, 0.05) is 0 Å². The summed E-state index contributed by atoms with van der Waals surface area (Å²) in [6, 6.07) is 28.0. The van der Waals surface area contributed by atoms with Crippen LogP contribution in [0.4, 0.5) is 0 Å². The molecule has 105 valence electrons. The third kappa shape index (κ3) is 3.07. The Morgan fingerprint density at radius 1 is 0.773 bits per heavy atom. The molecular weight excluding hydrogens is 264 g/mol. The van der Waals surface area contributed by atoms with Crippen LogP contribution in [0, 0.1) is 6.07 Å². The van der Waals surface area contributed by atoms with Gasteiger partial charge in [-0.1, -0.05) is 97.6 Å². The van der Waals surface area contributed by atoms with Crippen LogP contribution in [0.1, 0.15) is 16.7 Å². The number of benzene rings is 3. The summed E-state index contributed by atoms with van der Waals surface area (Å²) in [7, 11) is 0. The monoisotopic (exact) mass is 281 g/mol. The fraction of sp³-hybridized carbons (Fsp3) is 0. The highest BCUT2D eigenvalue weighted by molar-refractivity contribution is 5.83. The summed E-state index contributed by atoms with van der Waals surface area (Å²) < 4.78 is 0. The Balaban J connectivity index is 2.03. The summed E-state index contributed by atoms with van der Waals surface area (Å²) in [5.74, 6) is 0. The highest BCUT2D eigenvalue weighted by Gasteiger charge is 2.05. The molecule has 0 atom stereocenters. The molecular formula is C22H17. The summed E-state index contributed by atoms with van der Waals surface area (Å²) in [4.78, 5) is 0. The number of hydrogen-bond donors (Lipinski definition) is 0. The zero-order valence-electron chi connectivity index (χ0n) is 12.4. The molecule has 0 spiro atoms. The van der Waals surface area contributed by atoms with E-state index in [1.165, 1.54) is 16.7 Å². The third-order valence-corrected chi connectivity index (χ3v) is 3.60. The first-order valence-electron chi connectivity index (χ1n) is 7.34. The first kappa shape index (κ1) is 14.1. The molecule has 0 bridgehead atoms. The number of hydrogen-bond acceptors (Lipinski definition) is 0. The lowest BCUT2D eigenvalue weighted by atomic mass is 9.95. The van der Waals surface area contributed by atoms with E-state index in [-0.39, 0.29) is 0 Å². The van der Waals surface area contributed by atoms with Gasteiger partial charge in [-0.3, -0.25) is 0 Å². The Morgan fingerprint density at radius 3 is 2.14 bits per heavy atom. The van der Waals surface area contributed by atoms with Gasteiger partial charge in [0.2, 0.25) is 0 Å². The smallest absolute Gasteiger partial charge is 0.00987 e. The molecule has 3 aromatic carbocycles. The predicted molar refractivity (Wildman–Crippen MR) is 96.2 cm³/mol. The van der Waals surface area contributed by atoms with E-state index in [9.17, 15) is 0 Å². The van der Waals surface area contributed by atoms with Crippen molar-refractivity contribution in [1.82, 2.24) is 0 Å². The second-order valence-electron chi connectivity index (χ2n) is 5.03. The largest absolute Gasteiger partial charge is 0.0984 e. The molecule has 0 saturated carbocycles. The van der Waals surface area contributed by atoms with Gasteiger partial charge in [0.1, 0.15) is 0 Å². The van der Waals surface area contributed by atoms with Crippen LogP contribution in [-0.4, -0.2) is 0 Å². The SMILES string of the molecule is C=Cc1c(C=Cc2ccccc2)[c]ccc1-c1ccccc1. The van der Waals surface area contributed by atoms with Crippen LogP contribution in [0.15, 0.2) is 79.4 Å². The summed E-state index contributed by atoms with van der Waals surface area (Å²) >= 11 is 0. The molecule has 0 heterocycles. The van der Waals surface area contributed by atoms with Gasteiger partial charge in [-0.05, 0) is 33.9 Å². The van der Waals surface area contributed by atoms with Crippen LogP contribution in [0.5, 0.6) is 0 Å². The molecule has 0 saturated heterocycles. The van der Waals surface area contributed by atoms with Crippen molar-refractivity contribution in [2.45, 2.75) is 0 Å². The third-order valence-electron chi connectivity index (χ3n) is 3.60. The molecule has 0 aliphatic carbocycles. The van der Waals surface area contributed by atoms with E-state index in [1.54, 1.807) is 0 Å². The molecule has 0 N–H and O–H groups in total. The molecule has 22 heavy (non-hydrogen) atoms. The van der Waals surface area contributed by atoms with Crippen molar-refractivity contribution >= 4 is 18.2 Å². The highest BCUT2D eigenvalue weighted by atomic mass is 14.1. The molecule has 0 aromatic heterocycles. The van der Waals surface area contributed by atoms with Gasteiger partial charge in [-0.15, -0.1) is 0 Å². The maximum Gasteiger partial charge on any atom is -0.00987 e. The van der Waals surface area contributed by atoms with Gasteiger partial charge < -0.3 is 0 Å². The van der Waals surface area contributed by atoms with Crippen LogP contribution in [0.3, 0.4) is 0 Å². The summed E-state index contributed by atoms with van der Waals surface area (Å²) in [6.45, 7) is 3.98. The maximum absolute atomic E-state index is 3.98. The van der Waals surface area contributed by atoms with Gasteiger partial charge in [-0.25, -0.2) is 0 Å². The molecule has 0 nitrogen and oxygen atoms in total. The van der Waals surface area contributed by atoms with Gasteiger partial charge in [-0.2, -0.15) is 0 Å².